The van der Waals surface area contributed by atoms with Crippen LogP contribution in [0.4, 0.5) is 5.69 Å². The number of rotatable bonds is 9. The zero-order chi connectivity index (χ0) is 22.5. The molecule has 2 heterocycles. The van der Waals surface area contributed by atoms with Gasteiger partial charge in [-0.2, -0.15) is 9.50 Å². The van der Waals surface area contributed by atoms with Crippen LogP contribution in [0.15, 0.2) is 53.3 Å². The minimum atomic E-state index is -0.247. The standard InChI is InChI=1S/C22H21ClIN5O3/c1-2-3-10-31-19-9-6-15(23)11-18(19)25-13-16-12-20(30)29-22(26-16)27-21(28-29)14-4-7-17(32-24)8-5-14/h4-9,11-12,25H,2-3,10,13H2,1H3,(H,26,27,28). The smallest absolute Gasteiger partial charge is 0.274 e. The molecule has 4 aromatic rings. The molecule has 0 fully saturated rings. The van der Waals surface area contributed by atoms with Crippen LogP contribution >= 0.6 is 34.6 Å². The van der Waals surface area contributed by atoms with Crippen molar-refractivity contribution in [2.75, 3.05) is 11.9 Å². The molecule has 2 aromatic heterocycles. The van der Waals surface area contributed by atoms with Crippen molar-refractivity contribution in [1.29, 1.82) is 0 Å². The van der Waals surface area contributed by atoms with Gasteiger partial charge >= 0.3 is 0 Å². The molecule has 10 heteroatoms. The van der Waals surface area contributed by atoms with E-state index in [0.717, 1.165) is 29.8 Å². The Labute approximate surface area is 203 Å². The first-order valence-electron chi connectivity index (χ1n) is 10.1. The minimum absolute atomic E-state index is 0.247. The quantitative estimate of drug-likeness (QED) is 0.213. The van der Waals surface area contributed by atoms with E-state index in [1.54, 1.807) is 12.1 Å². The molecule has 0 saturated heterocycles. The van der Waals surface area contributed by atoms with Crippen molar-refractivity contribution < 1.29 is 7.80 Å². The molecule has 2 N–H and O–H groups in total. The van der Waals surface area contributed by atoms with Crippen LogP contribution in [0.3, 0.4) is 0 Å². The second-order valence-electron chi connectivity index (χ2n) is 7.09. The largest absolute Gasteiger partial charge is 0.491 e. The van der Waals surface area contributed by atoms with E-state index in [1.807, 2.05) is 53.3 Å². The van der Waals surface area contributed by atoms with Crippen molar-refractivity contribution in [3.05, 3.63) is 69.6 Å². The predicted molar refractivity (Wildman–Crippen MR) is 133 cm³/mol. The summed E-state index contributed by atoms with van der Waals surface area (Å²) in [5, 5.41) is 6.85. The molecule has 0 amide bonds. The molecule has 0 atom stereocenters. The van der Waals surface area contributed by atoms with Crippen LogP contribution in [0, 0.1) is 0 Å². The van der Waals surface area contributed by atoms with Gasteiger partial charge in [-0.3, -0.25) is 9.89 Å². The van der Waals surface area contributed by atoms with Crippen molar-refractivity contribution in [3.8, 4) is 22.9 Å². The van der Waals surface area contributed by atoms with Crippen LogP contribution < -0.4 is 18.7 Å². The maximum absolute atomic E-state index is 12.6. The zero-order valence-electron chi connectivity index (χ0n) is 17.3. The molecular weight excluding hydrogens is 545 g/mol. The lowest BCUT2D eigenvalue weighted by Gasteiger charge is -2.13. The van der Waals surface area contributed by atoms with Crippen molar-refractivity contribution in [1.82, 2.24) is 19.6 Å². The number of fused-ring (bicyclic) bond motifs is 1. The van der Waals surface area contributed by atoms with Gasteiger partial charge in [0.15, 0.2) is 28.8 Å². The number of H-pyrrole nitrogens is 1. The summed E-state index contributed by atoms with van der Waals surface area (Å²) in [7, 11) is 0. The normalized spacial score (nSPS) is 11.0. The molecule has 4 rings (SSSR count). The Bertz CT molecular complexity index is 1270. The van der Waals surface area contributed by atoms with E-state index in [0.29, 0.717) is 41.2 Å². The van der Waals surface area contributed by atoms with Crippen molar-refractivity contribution in [2.45, 2.75) is 26.3 Å². The van der Waals surface area contributed by atoms with Gasteiger partial charge in [-0.25, -0.2) is 4.98 Å². The second-order valence-corrected chi connectivity index (χ2v) is 7.97. The highest BCUT2D eigenvalue weighted by Gasteiger charge is 2.11. The van der Waals surface area contributed by atoms with E-state index in [4.69, 9.17) is 19.4 Å². The molecule has 32 heavy (non-hydrogen) atoms. The molecule has 166 valence electrons. The molecule has 0 aliphatic carbocycles. The maximum atomic E-state index is 12.6. The third-order valence-corrected chi connectivity index (χ3v) is 5.50. The monoisotopic (exact) mass is 565 g/mol. The van der Waals surface area contributed by atoms with Crippen LogP contribution in [0.2, 0.25) is 5.02 Å². The van der Waals surface area contributed by atoms with Crippen LogP contribution in [-0.2, 0) is 6.54 Å². The highest BCUT2D eigenvalue weighted by atomic mass is 127. The van der Waals surface area contributed by atoms with Gasteiger partial charge in [0.2, 0.25) is 0 Å². The molecule has 0 aliphatic rings. The van der Waals surface area contributed by atoms with Gasteiger partial charge in [0.25, 0.3) is 11.3 Å². The van der Waals surface area contributed by atoms with E-state index in [-0.39, 0.29) is 5.56 Å². The Morgan fingerprint density at radius 1 is 1.16 bits per heavy atom. The number of nitrogens with one attached hydrogen (secondary N) is 2. The predicted octanol–water partition coefficient (Wildman–Crippen LogP) is 5.26. The number of unbranched alkanes of at least 4 members (excludes halogenated alkanes) is 1. The van der Waals surface area contributed by atoms with E-state index in [1.165, 1.54) is 10.6 Å². The molecule has 0 bridgehead atoms. The average molecular weight is 566 g/mol. The number of halogens is 2. The van der Waals surface area contributed by atoms with Crippen molar-refractivity contribution in [3.63, 3.8) is 0 Å². The Morgan fingerprint density at radius 2 is 1.97 bits per heavy atom. The molecule has 0 unspecified atom stereocenters. The highest BCUT2D eigenvalue weighted by Crippen LogP contribution is 2.28. The number of hydrogen-bond donors (Lipinski definition) is 2. The molecule has 0 radical (unpaired) electrons. The number of anilines is 1. The van der Waals surface area contributed by atoms with Crippen molar-refractivity contribution in [2.24, 2.45) is 0 Å². The van der Waals surface area contributed by atoms with Crippen LogP contribution in [0.25, 0.3) is 17.2 Å². The Kier molecular flexibility index (Phi) is 7.15. The van der Waals surface area contributed by atoms with Gasteiger partial charge < -0.3 is 13.1 Å². The maximum Gasteiger partial charge on any atom is 0.274 e. The molecule has 0 aliphatic heterocycles. The number of hydrogen-bond acceptors (Lipinski definition) is 6. The lowest BCUT2D eigenvalue weighted by atomic mass is 10.2. The number of aromatic amines is 1. The van der Waals surface area contributed by atoms with Crippen LogP contribution in [-0.4, -0.2) is 26.2 Å². The zero-order valence-corrected chi connectivity index (χ0v) is 20.2. The summed E-state index contributed by atoms with van der Waals surface area (Å²) >= 11 is 7.98. The Morgan fingerprint density at radius 3 is 2.72 bits per heavy atom. The SMILES string of the molecule is CCCCOc1ccc(Cl)cc1NCc1cc(=O)n2[nH]c(-c3ccc(OI)cc3)nc2n1. The minimum Gasteiger partial charge on any atom is -0.491 e. The summed E-state index contributed by atoms with van der Waals surface area (Å²) in [6.07, 6.45) is 2.01. The summed E-state index contributed by atoms with van der Waals surface area (Å²) in [4.78, 5) is 21.6. The van der Waals surface area contributed by atoms with Crippen LogP contribution in [0.5, 0.6) is 11.5 Å². The summed E-state index contributed by atoms with van der Waals surface area (Å²) in [5.74, 6) is 2.28. The molecule has 2 aromatic carbocycles. The van der Waals surface area contributed by atoms with E-state index >= 15 is 0 Å². The van der Waals surface area contributed by atoms with Gasteiger partial charge in [-0.05, 0) is 48.9 Å². The molecule has 0 spiro atoms. The van der Waals surface area contributed by atoms with Gasteiger partial charge in [-0.15, -0.1) is 0 Å². The van der Waals surface area contributed by atoms with Gasteiger partial charge in [0.05, 0.1) is 24.5 Å². The van der Waals surface area contributed by atoms with Gasteiger partial charge in [0, 0.05) is 16.7 Å². The average Bonchev–Trinajstić information content (AvgIpc) is 3.24. The van der Waals surface area contributed by atoms with Gasteiger partial charge in [0.1, 0.15) is 11.5 Å². The van der Waals surface area contributed by atoms with Crippen LogP contribution in [0.1, 0.15) is 25.5 Å². The van der Waals surface area contributed by atoms with Crippen molar-refractivity contribution >= 4 is 46.1 Å². The fourth-order valence-electron chi connectivity index (χ4n) is 3.09. The first-order valence-corrected chi connectivity index (χ1v) is 11.4. The number of aromatic nitrogens is 4. The van der Waals surface area contributed by atoms with E-state index in [2.05, 4.69) is 27.3 Å². The first-order chi connectivity index (χ1) is 15.6. The summed E-state index contributed by atoms with van der Waals surface area (Å²) in [5.41, 5.74) is 1.87. The Hall–Kier alpha value is -2.79. The fraction of sp³-hybridized carbons (Fsp3) is 0.227. The third-order valence-electron chi connectivity index (χ3n) is 4.76. The number of benzene rings is 2. The second kappa shape index (κ2) is 10.2. The summed E-state index contributed by atoms with van der Waals surface area (Å²) < 4.78 is 12.3. The van der Waals surface area contributed by atoms with E-state index in [9.17, 15) is 4.79 Å². The number of nitrogens with zero attached hydrogens (tertiary/aromatic N) is 3. The molecule has 8 nitrogen and oxygen atoms in total. The lowest BCUT2D eigenvalue weighted by molar-refractivity contribution is 0.310. The van der Waals surface area contributed by atoms with E-state index < -0.39 is 0 Å². The Balaban J connectivity index is 1.55. The van der Waals surface area contributed by atoms with Gasteiger partial charge in [-0.1, -0.05) is 24.9 Å². The lowest BCUT2D eigenvalue weighted by Crippen LogP contribution is -2.17. The fourth-order valence-corrected chi connectivity index (χ4v) is 3.56. The third kappa shape index (κ3) is 5.16. The summed E-state index contributed by atoms with van der Waals surface area (Å²) in [6.45, 7) is 3.05. The topological polar surface area (TPSA) is 93.5 Å². The summed E-state index contributed by atoms with van der Waals surface area (Å²) in [6, 6.07) is 14.3. The molecule has 0 saturated carbocycles. The highest BCUT2D eigenvalue weighted by molar-refractivity contribution is 14.1. The first kappa shape index (κ1) is 22.4. The number of ether oxygens (including phenoxy) is 1. The molecular formula is C22H21ClIN5O3.